The zero-order valence-corrected chi connectivity index (χ0v) is 15.8. The number of hydrogen-bond donors (Lipinski definition) is 2. The second-order valence-corrected chi connectivity index (χ2v) is 7.36. The van der Waals surface area contributed by atoms with E-state index in [1.54, 1.807) is 12.1 Å². The molecule has 4 amide bonds. The number of fused-ring (bicyclic) bond motifs is 2. The van der Waals surface area contributed by atoms with E-state index in [1.807, 2.05) is 12.1 Å². The smallest absolute Gasteiger partial charge is 0.350 e. The molecule has 9 heteroatoms. The number of aryl methyl sites for hydroxylation is 1. The van der Waals surface area contributed by atoms with Crippen LogP contribution < -0.4 is 10.6 Å². The van der Waals surface area contributed by atoms with Crippen molar-refractivity contribution in [1.29, 1.82) is 0 Å². The number of alkyl halides is 3. The Kier molecular flexibility index (Phi) is 4.76. The lowest BCUT2D eigenvalue weighted by Crippen LogP contribution is -2.43. The van der Waals surface area contributed by atoms with Gasteiger partial charge in [0.25, 0.3) is 5.91 Å². The first-order valence-electron chi connectivity index (χ1n) is 9.36. The molecule has 1 aliphatic carbocycles. The Bertz CT molecular complexity index is 1040. The second-order valence-electron chi connectivity index (χ2n) is 7.36. The van der Waals surface area contributed by atoms with Crippen LogP contribution in [0.4, 0.5) is 18.0 Å². The van der Waals surface area contributed by atoms with Gasteiger partial charge >= 0.3 is 12.2 Å². The molecule has 1 aliphatic heterocycles. The van der Waals surface area contributed by atoms with Crippen LogP contribution in [0.15, 0.2) is 48.5 Å². The third-order valence-corrected chi connectivity index (χ3v) is 5.47. The number of nitrogens with one attached hydrogen (secondary N) is 2. The van der Waals surface area contributed by atoms with Crippen LogP contribution in [-0.4, -0.2) is 29.3 Å². The van der Waals surface area contributed by atoms with Crippen LogP contribution in [0.5, 0.6) is 0 Å². The van der Waals surface area contributed by atoms with Crippen LogP contribution in [0.2, 0.25) is 0 Å². The van der Waals surface area contributed by atoms with Gasteiger partial charge in [0.2, 0.25) is 5.91 Å². The van der Waals surface area contributed by atoms with Gasteiger partial charge in [-0.3, -0.25) is 14.5 Å². The number of hydrogen-bond acceptors (Lipinski definition) is 3. The van der Waals surface area contributed by atoms with Crippen LogP contribution in [0.3, 0.4) is 0 Å². The minimum atomic E-state index is -4.48. The quantitative estimate of drug-likeness (QED) is 0.751. The summed E-state index contributed by atoms with van der Waals surface area (Å²) in [6.45, 7) is -0.659. The maximum Gasteiger partial charge on any atom is 0.416 e. The summed E-state index contributed by atoms with van der Waals surface area (Å²) in [6, 6.07) is 11.3. The number of urea groups is 1. The topological polar surface area (TPSA) is 78.5 Å². The molecule has 0 bridgehead atoms. The molecular formula is C21H18F3N3O3. The summed E-state index contributed by atoms with van der Waals surface area (Å²) >= 11 is 0. The Morgan fingerprint density at radius 3 is 2.67 bits per heavy atom. The highest BCUT2D eigenvalue weighted by Crippen LogP contribution is 2.41. The minimum Gasteiger partial charge on any atom is -0.350 e. The van der Waals surface area contributed by atoms with E-state index in [2.05, 4.69) is 10.6 Å². The lowest BCUT2D eigenvalue weighted by molar-refractivity contribution is -0.137. The van der Waals surface area contributed by atoms with Gasteiger partial charge in [0.1, 0.15) is 12.1 Å². The first-order valence-corrected chi connectivity index (χ1v) is 9.36. The van der Waals surface area contributed by atoms with Crippen molar-refractivity contribution < 1.29 is 27.6 Å². The summed E-state index contributed by atoms with van der Waals surface area (Å²) in [5.41, 5.74) is -0.00591. The molecule has 2 N–H and O–H groups in total. The number of imide groups is 1. The summed E-state index contributed by atoms with van der Waals surface area (Å²) in [4.78, 5) is 38.6. The normalized spacial score (nSPS) is 20.4. The van der Waals surface area contributed by atoms with E-state index in [-0.39, 0.29) is 12.1 Å². The van der Waals surface area contributed by atoms with Gasteiger partial charge in [-0.05, 0) is 41.7 Å². The number of carbonyl (C=O) groups is 3. The number of amides is 4. The van der Waals surface area contributed by atoms with Gasteiger partial charge in [0.15, 0.2) is 0 Å². The Morgan fingerprint density at radius 2 is 1.90 bits per heavy atom. The summed E-state index contributed by atoms with van der Waals surface area (Å²) in [5.74, 6) is -1.13. The molecule has 2 aromatic carbocycles. The fourth-order valence-corrected chi connectivity index (χ4v) is 3.99. The number of rotatable bonds is 4. The van der Waals surface area contributed by atoms with Crippen molar-refractivity contribution in [1.82, 2.24) is 15.5 Å². The first kappa shape index (κ1) is 19.9. The van der Waals surface area contributed by atoms with Gasteiger partial charge in [-0.1, -0.05) is 36.4 Å². The van der Waals surface area contributed by atoms with Gasteiger partial charge in [-0.15, -0.1) is 0 Å². The van der Waals surface area contributed by atoms with Crippen molar-refractivity contribution in [3.63, 3.8) is 0 Å². The molecule has 1 spiro atoms. The van der Waals surface area contributed by atoms with Gasteiger partial charge in [0.05, 0.1) is 5.56 Å². The highest BCUT2D eigenvalue weighted by atomic mass is 19.4. The van der Waals surface area contributed by atoms with E-state index < -0.39 is 41.7 Å². The largest absolute Gasteiger partial charge is 0.416 e. The van der Waals surface area contributed by atoms with Gasteiger partial charge in [0, 0.05) is 6.54 Å². The highest BCUT2D eigenvalue weighted by Gasteiger charge is 2.55. The molecule has 4 rings (SSSR count). The maximum absolute atomic E-state index is 13.0. The zero-order chi connectivity index (χ0) is 21.5. The molecule has 0 saturated carbocycles. The van der Waals surface area contributed by atoms with E-state index in [1.165, 1.54) is 12.1 Å². The molecule has 2 aliphatic rings. The summed E-state index contributed by atoms with van der Waals surface area (Å²) in [6.07, 6.45) is -3.43. The van der Waals surface area contributed by atoms with Crippen LogP contribution in [0.25, 0.3) is 0 Å². The van der Waals surface area contributed by atoms with Crippen molar-refractivity contribution in [2.24, 2.45) is 0 Å². The number of halogens is 3. The standard InChI is InChI=1S/C21H18F3N3O3/c22-21(23,24)15-6-3-4-13(10-15)11-25-17(28)12-27-18(29)20(26-19(27)30)9-8-14-5-1-2-7-16(14)20/h1-7,10H,8-9,11-12H2,(H,25,28)(H,26,30)/t20-/m0/s1. The lowest BCUT2D eigenvalue weighted by atomic mass is 9.92. The molecule has 156 valence electrons. The predicted molar refractivity (Wildman–Crippen MR) is 100.0 cm³/mol. The maximum atomic E-state index is 13.0. The van der Waals surface area contributed by atoms with Crippen molar-refractivity contribution in [3.05, 3.63) is 70.8 Å². The van der Waals surface area contributed by atoms with E-state index >= 15 is 0 Å². The van der Waals surface area contributed by atoms with E-state index in [4.69, 9.17) is 0 Å². The fraction of sp³-hybridized carbons (Fsp3) is 0.286. The monoisotopic (exact) mass is 417 g/mol. The molecule has 0 unspecified atom stereocenters. The summed E-state index contributed by atoms with van der Waals surface area (Å²) < 4.78 is 38.4. The third-order valence-electron chi connectivity index (χ3n) is 5.47. The summed E-state index contributed by atoms with van der Waals surface area (Å²) in [5, 5.41) is 5.18. The molecule has 1 atom stereocenters. The number of nitrogens with zero attached hydrogens (tertiary/aromatic N) is 1. The molecule has 0 aromatic heterocycles. The molecule has 1 fully saturated rings. The predicted octanol–water partition coefficient (Wildman–Crippen LogP) is 2.72. The molecule has 30 heavy (non-hydrogen) atoms. The van der Waals surface area contributed by atoms with Gasteiger partial charge in [-0.2, -0.15) is 13.2 Å². The first-order chi connectivity index (χ1) is 14.2. The minimum absolute atomic E-state index is 0.152. The Labute approximate surface area is 170 Å². The van der Waals surface area contributed by atoms with E-state index in [9.17, 15) is 27.6 Å². The average Bonchev–Trinajstić information content (AvgIpc) is 3.19. The summed E-state index contributed by atoms with van der Waals surface area (Å²) in [7, 11) is 0. The van der Waals surface area contributed by atoms with Crippen LogP contribution in [0.1, 0.15) is 28.7 Å². The lowest BCUT2D eigenvalue weighted by Gasteiger charge is -2.22. The second kappa shape index (κ2) is 7.16. The fourth-order valence-electron chi connectivity index (χ4n) is 3.99. The molecule has 1 saturated heterocycles. The number of carbonyl (C=O) groups excluding carboxylic acids is 3. The molecule has 6 nitrogen and oxygen atoms in total. The van der Waals surface area contributed by atoms with Crippen molar-refractivity contribution in [2.45, 2.75) is 31.1 Å². The van der Waals surface area contributed by atoms with Crippen LogP contribution >= 0.6 is 0 Å². The molecule has 2 aromatic rings. The van der Waals surface area contributed by atoms with Crippen molar-refractivity contribution in [2.75, 3.05) is 6.54 Å². The van der Waals surface area contributed by atoms with Crippen molar-refractivity contribution in [3.8, 4) is 0 Å². The highest BCUT2D eigenvalue weighted by molar-refractivity contribution is 6.09. The Hall–Kier alpha value is -3.36. The Balaban J connectivity index is 1.42. The average molecular weight is 417 g/mol. The molecule has 1 heterocycles. The Morgan fingerprint density at radius 1 is 1.13 bits per heavy atom. The van der Waals surface area contributed by atoms with Crippen molar-refractivity contribution >= 4 is 17.8 Å². The molecule has 0 radical (unpaired) electrons. The van der Waals surface area contributed by atoms with Crippen LogP contribution in [-0.2, 0) is 34.3 Å². The van der Waals surface area contributed by atoms with Gasteiger partial charge < -0.3 is 10.6 Å². The third kappa shape index (κ3) is 3.40. The zero-order valence-electron chi connectivity index (χ0n) is 15.8. The van der Waals surface area contributed by atoms with Gasteiger partial charge in [-0.25, -0.2) is 4.79 Å². The van der Waals surface area contributed by atoms with E-state index in [0.717, 1.165) is 28.2 Å². The molecular weight excluding hydrogens is 399 g/mol. The van der Waals surface area contributed by atoms with E-state index in [0.29, 0.717) is 12.8 Å². The number of benzene rings is 2. The SMILES string of the molecule is O=C(CN1C(=O)N[C@]2(CCc3ccccc32)C1=O)NCc1cccc(C(F)(F)F)c1. The van der Waals surface area contributed by atoms with Crippen LogP contribution in [0, 0.1) is 0 Å².